The van der Waals surface area contributed by atoms with Crippen LogP contribution in [0.2, 0.25) is 0 Å². The molecule has 204 valence electrons. The molecule has 0 unspecified atom stereocenters. The number of benzene rings is 4. The maximum absolute atomic E-state index is 13.2. The minimum atomic E-state index is -1.00. The molecule has 0 saturated heterocycles. The van der Waals surface area contributed by atoms with Crippen molar-refractivity contribution in [3.63, 3.8) is 0 Å². The fourth-order valence-corrected chi connectivity index (χ4v) is 5.01. The van der Waals surface area contributed by atoms with Crippen LogP contribution < -0.4 is 21.7 Å². The van der Waals surface area contributed by atoms with Crippen molar-refractivity contribution in [3.05, 3.63) is 132 Å². The first kappa shape index (κ1) is 27.4. The highest BCUT2D eigenvalue weighted by molar-refractivity contribution is 7.13. The summed E-state index contributed by atoms with van der Waals surface area (Å²) in [6.07, 6.45) is 0.148. The Kier molecular flexibility index (Phi) is 8.52. The number of anilines is 4. The molecule has 1 aromatic heterocycles. The van der Waals surface area contributed by atoms with Gasteiger partial charge in [0.25, 0.3) is 5.91 Å². The van der Waals surface area contributed by atoms with E-state index in [9.17, 15) is 14.4 Å². The molecule has 0 aliphatic heterocycles. The van der Waals surface area contributed by atoms with Gasteiger partial charge in [-0.25, -0.2) is 0 Å². The topological polar surface area (TPSA) is 113 Å². The van der Waals surface area contributed by atoms with Crippen LogP contribution in [0.15, 0.2) is 121 Å². The lowest BCUT2D eigenvalue weighted by Crippen LogP contribution is -2.35. The molecule has 7 nitrogen and oxygen atoms in total. The van der Waals surface area contributed by atoms with Crippen LogP contribution >= 0.6 is 11.3 Å². The Bertz CT molecular complexity index is 1580. The largest absolute Gasteiger partial charge is 0.397 e. The number of nitrogen functional groups attached to an aromatic ring is 1. The number of carbonyl (C=O) groups is 3. The highest BCUT2D eigenvalue weighted by Crippen LogP contribution is 2.30. The second-order valence-corrected chi connectivity index (χ2v) is 10.3. The zero-order valence-electron chi connectivity index (χ0n) is 22.0. The molecule has 8 heteroatoms. The van der Waals surface area contributed by atoms with Crippen LogP contribution in [0.3, 0.4) is 0 Å². The molecule has 0 saturated carbocycles. The summed E-state index contributed by atoms with van der Waals surface area (Å²) in [4.78, 5) is 40.6. The van der Waals surface area contributed by atoms with E-state index in [1.165, 1.54) is 0 Å². The van der Waals surface area contributed by atoms with E-state index in [4.69, 9.17) is 5.73 Å². The average molecular weight is 561 g/mol. The van der Waals surface area contributed by atoms with Crippen LogP contribution in [0.5, 0.6) is 0 Å². The zero-order valence-corrected chi connectivity index (χ0v) is 22.9. The Morgan fingerprint density at radius 2 is 1.29 bits per heavy atom. The lowest BCUT2D eigenvalue weighted by molar-refractivity contribution is -0.129. The van der Waals surface area contributed by atoms with Crippen molar-refractivity contribution >= 4 is 51.8 Å². The van der Waals surface area contributed by atoms with Crippen molar-refractivity contribution in [2.45, 2.75) is 6.42 Å². The molecule has 5 N–H and O–H groups in total. The zero-order chi connectivity index (χ0) is 28.6. The van der Waals surface area contributed by atoms with Crippen LogP contribution in [0, 0.1) is 5.92 Å². The van der Waals surface area contributed by atoms with Gasteiger partial charge >= 0.3 is 0 Å². The lowest BCUT2D eigenvalue weighted by Gasteiger charge is -2.17. The Balaban J connectivity index is 1.30. The molecule has 0 aliphatic carbocycles. The van der Waals surface area contributed by atoms with E-state index in [0.29, 0.717) is 28.3 Å². The molecule has 0 spiro atoms. The number of nitrogens with two attached hydrogens (primary N) is 1. The predicted octanol–water partition coefficient (Wildman–Crippen LogP) is 6.69. The molecule has 0 aliphatic rings. The Hall–Kier alpha value is -5.21. The van der Waals surface area contributed by atoms with Crippen LogP contribution in [0.25, 0.3) is 10.4 Å². The lowest BCUT2D eigenvalue weighted by atomic mass is 9.96. The highest BCUT2D eigenvalue weighted by Gasteiger charge is 2.27. The summed E-state index contributed by atoms with van der Waals surface area (Å²) in [6.45, 7) is 0. The fourth-order valence-electron chi connectivity index (χ4n) is 4.29. The fraction of sp³-hybridized carbons (Fsp3) is 0.0606. The molecule has 0 bridgehead atoms. The van der Waals surface area contributed by atoms with Crippen LogP contribution in [-0.4, -0.2) is 17.7 Å². The van der Waals surface area contributed by atoms with Crippen molar-refractivity contribution in [1.82, 2.24) is 0 Å². The van der Waals surface area contributed by atoms with E-state index in [-0.39, 0.29) is 12.3 Å². The van der Waals surface area contributed by atoms with E-state index < -0.39 is 17.7 Å². The molecule has 0 fully saturated rings. The molecule has 3 amide bonds. The van der Waals surface area contributed by atoms with Crippen LogP contribution in [0.4, 0.5) is 22.7 Å². The molecule has 0 atom stereocenters. The second-order valence-electron chi connectivity index (χ2n) is 9.40. The molecular weight excluding hydrogens is 532 g/mol. The molecule has 0 radical (unpaired) electrons. The number of hydrogen-bond donors (Lipinski definition) is 4. The van der Waals surface area contributed by atoms with Crippen molar-refractivity contribution in [2.75, 3.05) is 21.7 Å². The maximum atomic E-state index is 13.2. The number of para-hydroxylation sites is 2. The third-order valence-corrected chi connectivity index (χ3v) is 7.40. The number of rotatable bonds is 9. The first-order chi connectivity index (χ1) is 20.0. The average Bonchev–Trinajstić information content (AvgIpc) is 3.53. The molecule has 4 aromatic carbocycles. The van der Waals surface area contributed by atoms with Gasteiger partial charge in [-0.15, -0.1) is 11.3 Å². The number of hydrogen-bond acceptors (Lipinski definition) is 5. The first-order valence-corrected chi connectivity index (χ1v) is 13.9. The van der Waals surface area contributed by atoms with Crippen molar-refractivity contribution in [3.8, 4) is 10.4 Å². The minimum Gasteiger partial charge on any atom is -0.397 e. The van der Waals surface area contributed by atoms with Crippen molar-refractivity contribution < 1.29 is 14.4 Å². The SMILES string of the molecule is Nc1ccc(-c2cccs2)cc1NC(=O)c1ccc(CC(C(=O)Nc2ccccc2)C(=O)Nc2ccccc2)cc1. The number of carbonyl (C=O) groups excluding carboxylic acids is 3. The van der Waals surface area contributed by atoms with Gasteiger partial charge in [0.1, 0.15) is 5.92 Å². The summed E-state index contributed by atoms with van der Waals surface area (Å²) in [6, 6.07) is 34.4. The van der Waals surface area contributed by atoms with Gasteiger partial charge in [0, 0.05) is 21.8 Å². The highest BCUT2D eigenvalue weighted by atomic mass is 32.1. The Morgan fingerprint density at radius 3 is 1.85 bits per heavy atom. The van der Waals surface area contributed by atoms with Gasteiger partial charge in [-0.1, -0.05) is 60.7 Å². The number of amides is 3. The van der Waals surface area contributed by atoms with Gasteiger partial charge in [0.2, 0.25) is 11.8 Å². The molecule has 5 aromatic rings. The van der Waals surface area contributed by atoms with E-state index >= 15 is 0 Å². The van der Waals surface area contributed by atoms with E-state index in [0.717, 1.165) is 16.0 Å². The van der Waals surface area contributed by atoms with Crippen molar-refractivity contribution in [2.24, 2.45) is 5.92 Å². The van der Waals surface area contributed by atoms with Gasteiger partial charge in [0.05, 0.1) is 11.4 Å². The molecular formula is C33H28N4O3S. The second kappa shape index (κ2) is 12.8. The number of nitrogens with one attached hydrogen (secondary N) is 3. The molecule has 1 heterocycles. The van der Waals surface area contributed by atoms with Crippen LogP contribution in [-0.2, 0) is 16.0 Å². The Labute approximate surface area is 242 Å². The standard InChI is InChI=1S/C33H28N4O3S/c34-28-18-17-24(30-12-7-19-41-30)21-29(28)37-31(38)23-15-13-22(14-16-23)20-27(32(39)35-25-8-3-1-4-9-25)33(40)36-26-10-5-2-6-11-26/h1-19,21,27H,20,34H2,(H,35,39)(H,36,40)(H,37,38). The monoisotopic (exact) mass is 560 g/mol. The normalized spacial score (nSPS) is 10.7. The smallest absolute Gasteiger partial charge is 0.255 e. The summed E-state index contributed by atoms with van der Waals surface area (Å²) >= 11 is 1.61. The summed E-state index contributed by atoms with van der Waals surface area (Å²) in [5.41, 5.74) is 10.4. The van der Waals surface area contributed by atoms with Crippen LogP contribution in [0.1, 0.15) is 15.9 Å². The van der Waals surface area contributed by atoms with Gasteiger partial charge in [-0.2, -0.15) is 0 Å². The summed E-state index contributed by atoms with van der Waals surface area (Å²) < 4.78 is 0. The van der Waals surface area contributed by atoms with Gasteiger partial charge < -0.3 is 21.7 Å². The van der Waals surface area contributed by atoms with Crippen molar-refractivity contribution in [1.29, 1.82) is 0 Å². The summed E-state index contributed by atoms with van der Waals surface area (Å²) in [5, 5.41) is 10.5. The Morgan fingerprint density at radius 1 is 0.683 bits per heavy atom. The van der Waals surface area contributed by atoms with Gasteiger partial charge in [-0.3, -0.25) is 14.4 Å². The summed E-state index contributed by atoms with van der Waals surface area (Å²) in [7, 11) is 0. The molecule has 41 heavy (non-hydrogen) atoms. The van der Waals surface area contributed by atoms with Gasteiger partial charge in [-0.05, 0) is 77.5 Å². The quantitative estimate of drug-likeness (QED) is 0.119. The predicted molar refractivity (Wildman–Crippen MR) is 166 cm³/mol. The van der Waals surface area contributed by atoms with Gasteiger partial charge in [0.15, 0.2) is 0 Å². The third kappa shape index (κ3) is 7.06. The molecule has 5 rings (SSSR count). The maximum Gasteiger partial charge on any atom is 0.255 e. The van der Waals surface area contributed by atoms with E-state index in [1.807, 2.05) is 66.0 Å². The van der Waals surface area contributed by atoms with E-state index in [2.05, 4.69) is 16.0 Å². The minimum absolute atomic E-state index is 0.148. The number of thiophene rings is 1. The van der Waals surface area contributed by atoms with E-state index in [1.54, 1.807) is 65.9 Å². The summed E-state index contributed by atoms with van der Waals surface area (Å²) in [5.74, 6) is -2.17. The first-order valence-electron chi connectivity index (χ1n) is 13.0. The third-order valence-electron chi connectivity index (χ3n) is 6.48.